The van der Waals surface area contributed by atoms with Crippen LogP contribution in [0.3, 0.4) is 0 Å². The number of rotatable bonds is 4. The first-order valence-electron chi connectivity index (χ1n) is 6.57. The zero-order chi connectivity index (χ0) is 12.3. The molecule has 0 spiro atoms. The normalized spacial score (nSPS) is 34.4. The second-order valence-corrected chi connectivity index (χ2v) is 5.36. The minimum Gasteiger partial charge on any atom is -0.350 e. The van der Waals surface area contributed by atoms with Gasteiger partial charge in [-0.2, -0.15) is 5.26 Å². The van der Waals surface area contributed by atoms with E-state index in [9.17, 15) is 0 Å². The van der Waals surface area contributed by atoms with Gasteiger partial charge in [-0.1, -0.05) is 0 Å². The predicted molar refractivity (Wildman–Crippen MR) is 64.3 cm³/mol. The maximum absolute atomic E-state index is 8.60. The molecule has 2 fully saturated rings. The van der Waals surface area contributed by atoms with Crippen LogP contribution in [0.5, 0.6) is 0 Å². The first kappa shape index (κ1) is 12.8. The summed E-state index contributed by atoms with van der Waals surface area (Å²) in [6, 6.07) is 2.77. The highest BCUT2D eigenvalue weighted by atomic mass is 16.7. The first-order valence-corrected chi connectivity index (χ1v) is 6.57. The van der Waals surface area contributed by atoms with Gasteiger partial charge in [0.25, 0.3) is 0 Å². The number of hydrogen-bond donors (Lipinski definition) is 0. The van der Waals surface area contributed by atoms with Crippen molar-refractivity contribution < 1.29 is 9.47 Å². The molecule has 2 heterocycles. The summed E-state index contributed by atoms with van der Waals surface area (Å²) in [5, 5.41) is 8.60. The van der Waals surface area contributed by atoms with E-state index in [2.05, 4.69) is 24.8 Å². The standard InChI is InChI=1S/C13H22N2O2/c1-10(2)15-6-4-11(8-15)7-13-16-9-12(17-13)3-5-14/h10-13H,3-4,6-9H2,1-2H3. The van der Waals surface area contributed by atoms with Crippen LogP contribution in [0, 0.1) is 17.2 Å². The molecule has 2 rings (SSSR count). The summed E-state index contributed by atoms with van der Waals surface area (Å²) >= 11 is 0. The third-order valence-electron chi connectivity index (χ3n) is 3.70. The number of hydrogen-bond acceptors (Lipinski definition) is 4. The van der Waals surface area contributed by atoms with Crippen LogP contribution in [-0.2, 0) is 9.47 Å². The number of nitrogens with zero attached hydrogens (tertiary/aromatic N) is 2. The molecule has 0 amide bonds. The lowest BCUT2D eigenvalue weighted by atomic mass is 10.1. The summed E-state index contributed by atoms with van der Waals surface area (Å²) in [5.41, 5.74) is 0. The van der Waals surface area contributed by atoms with E-state index in [-0.39, 0.29) is 12.4 Å². The van der Waals surface area contributed by atoms with Crippen molar-refractivity contribution in [2.75, 3.05) is 19.7 Å². The van der Waals surface area contributed by atoms with Crippen LogP contribution in [0.2, 0.25) is 0 Å². The molecular formula is C13H22N2O2. The van der Waals surface area contributed by atoms with Crippen molar-refractivity contribution in [1.82, 2.24) is 4.90 Å². The smallest absolute Gasteiger partial charge is 0.158 e. The fourth-order valence-corrected chi connectivity index (χ4v) is 2.64. The third-order valence-corrected chi connectivity index (χ3v) is 3.70. The van der Waals surface area contributed by atoms with E-state index in [0.29, 0.717) is 25.0 Å². The number of ether oxygens (including phenoxy) is 2. The molecule has 2 aliphatic heterocycles. The van der Waals surface area contributed by atoms with Crippen molar-refractivity contribution in [3.63, 3.8) is 0 Å². The van der Waals surface area contributed by atoms with E-state index >= 15 is 0 Å². The van der Waals surface area contributed by atoms with E-state index in [0.717, 1.165) is 13.0 Å². The van der Waals surface area contributed by atoms with Gasteiger partial charge in [-0.15, -0.1) is 0 Å². The molecule has 2 aliphatic rings. The molecule has 3 unspecified atom stereocenters. The zero-order valence-corrected chi connectivity index (χ0v) is 10.8. The van der Waals surface area contributed by atoms with E-state index < -0.39 is 0 Å². The fourth-order valence-electron chi connectivity index (χ4n) is 2.64. The summed E-state index contributed by atoms with van der Waals surface area (Å²) in [6.07, 6.45) is 2.58. The Morgan fingerprint density at radius 1 is 1.47 bits per heavy atom. The molecule has 17 heavy (non-hydrogen) atoms. The van der Waals surface area contributed by atoms with Gasteiger partial charge in [0.05, 0.1) is 25.2 Å². The molecule has 0 aliphatic carbocycles. The van der Waals surface area contributed by atoms with Crippen molar-refractivity contribution in [3.05, 3.63) is 0 Å². The Morgan fingerprint density at radius 2 is 2.29 bits per heavy atom. The average molecular weight is 238 g/mol. The minimum absolute atomic E-state index is 0.00685. The number of likely N-dealkylation sites (tertiary alicyclic amines) is 1. The molecule has 2 saturated heterocycles. The van der Waals surface area contributed by atoms with Gasteiger partial charge >= 0.3 is 0 Å². The Balaban J connectivity index is 1.71. The van der Waals surface area contributed by atoms with Crippen LogP contribution >= 0.6 is 0 Å². The maximum atomic E-state index is 8.60. The largest absolute Gasteiger partial charge is 0.350 e. The number of nitriles is 1. The van der Waals surface area contributed by atoms with Crippen LogP contribution in [-0.4, -0.2) is 43.0 Å². The Bertz CT molecular complexity index is 288. The molecule has 4 heteroatoms. The van der Waals surface area contributed by atoms with Crippen molar-refractivity contribution in [2.24, 2.45) is 5.92 Å². The van der Waals surface area contributed by atoms with E-state index in [1.165, 1.54) is 13.0 Å². The summed E-state index contributed by atoms with van der Waals surface area (Å²) in [6.45, 7) is 7.42. The Labute approximate surface area is 103 Å². The summed E-state index contributed by atoms with van der Waals surface area (Å²) in [7, 11) is 0. The van der Waals surface area contributed by atoms with E-state index in [4.69, 9.17) is 14.7 Å². The summed E-state index contributed by atoms with van der Waals surface area (Å²) < 4.78 is 11.3. The molecule has 0 aromatic rings. The van der Waals surface area contributed by atoms with Gasteiger partial charge in [-0.05, 0) is 32.7 Å². The lowest BCUT2D eigenvalue weighted by Crippen LogP contribution is -2.28. The minimum atomic E-state index is -0.0783. The second kappa shape index (κ2) is 5.81. The zero-order valence-electron chi connectivity index (χ0n) is 10.8. The molecule has 96 valence electrons. The molecule has 0 radical (unpaired) electrons. The van der Waals surface area contributed by atoms with Gasteiger partial charge in [-0.25, -0.2) is 0 Å². The van der Waals surface area contributed by atoms with Gasteiger partial charge in [0, 0.05) is 19.0 Å². The molecular weight excluding hydrogens is 216 g/mol. The second-order valence-electron chi connectivity index (χ2n) is 5.36. The Kier molecular flexibility index (Phi) is 4.38. The molecule has 0 saturated carbocycles. The molecule has 3 atom stereocenters. The van der Waals surface area contributed by atoms with E-state index in [1.54, 1.807) is 0 Å². The summed E-state index contributed by atoms with van der Waals surface area (Å²) in [5.74, 6) is 0.684. The highest BCUT2D eigenvalue weighted by molar-refractivity contribution is 4.82. The Hall–Kier alpha value is -0.630. The third kappa shape index (κ3) is 3.41. The SMILES string of the molecule is CC(C)N1CCC(CC2OCC(CC#N)O2)C1. The lowest BCUT2D eigenvalue weighted by molar-refractivity contribution is -0.0698. The first-order chi connectivity index (χ1) is 8.19. The van der Waals surface area contributed by atoms with Crippen LogP contribution in [0.15, 0.2) is 0 Å². The fraction of sp³-hybridized carbons (Fsp3) is 0.923. The predicted octanol–water partition coefficient (Wildman–Crippen LogP) is 1.76. The van der Waals surface area contributed by atoms with Gasteiger partial charge < -0.3 is 14.4 Å². The quantitative estimate of drug-likeness (QED) is 0.748. The molecule has 0 aromatic heterocycles. The van der Waals surface area contributed by atoms with Crippen LogP contribution < -0.4 is 0 Å². The van der Waals surface area contributed by atoms with Gasteiger partial charge in [0.15, 0.2) is 6.29 Å². The summed E-state index contributed by atoms with van der Waals surface area (Å²) in [4.78, 5) is 2.51. The molecule has 0 aromatic carbocycles. The lowest BCUT2D eigenvalue weighted by Gasteiger charge is -2.21. The molecule has 4 nitrogen and oxygen atoms in total. The monoisotopic (exact) mass is 238 g/mol. The highest BCUT2D eigenvalue weighted by Crippen LogP contribution is 2.27. The highest BCUT2D eigenvalue weighted by Gasteiger charge is 2.31. The van der Waals surface area contributed by atoms with Gasteiger partial charge in [-0.3, -0.25) is 0 Å². The van der Waals surface area contributed by atoms with Crippen LogP contribution in [0.25, 0.3) is 0 Å². The average Bonchev–Trinajstić information content (AvgIpc) is 2.89. The van der Waals surface area contributed by atoms with Gasteiger partial charge in [0.2, 0.25) is 0 Å². The topological polar surface area (TPSA) is 45.5 Å². The van der Waals surface area contributed by atoms with Crippen molar-refractivity contribution in [1.29, 1.82) is 5.26 Å². The molecule has 0 N–H and O–H groups in total. The van der Waals surface area contributed by atoms with Crippen molar-refractivity contribution >= 4 is 0 Å². The van der Waals surface area contributed by atoms with Gasteiger partial charge in [0.1, 0.15) is 0 Å². The van der Waals surface area contributed by atoms with Crippen molar-refractivity contribution in [2.45, 2.75) is 51.5 Å². The van der Waals surface area contributed by atoms with Crippen LogP contribution in [0.1, 0.15) is 33.1 Å². The van der Waals surface area contributed by atoms with Crippen molar-refractivity contribution in [3.8, 4) is 6.07 Å². The Morgan fingerprint density at radius 3 is 2.94 bits per heavy atom. The van der Waals surface area contributed by atoms with E-state index in [1.807, 2.05) is 0 Å². The maximum Gasteiger partial charge on any atom is 0.158 e. The molecule has 0 bridgehead atoms. The van der Waals surface area contributed by atoms with Crippen LogP contribution in [0.4, 0.5) is 0 Å².